The van der Waals surface area contributed by atoms with Crippen LogP contribution in [0.15, 0.2) is 66.9 Å². The van der Waals surface area contributed by atoms with Crippen LogP contribution < -0.4 is 4.74 Å². The number of hydrogen-bond acceptors (Lipinski definition) is 3. The summed E-state index contributed by atoms with van der Waals surface area (Å²) in [4.78, 5) is 15.9. The van der Waals surface area contributed by atoms with Crippen molar-refractivity contribution in [3.05, 3.63) is 83.7 Å². The molecule has 1 aromatic heterocycles. The van der Waals surface area contributed by atoms with E-state index < -0.39 is 0 Å². The lowest BCUT2D eigenvalue weighted by atomic mass is 10.0. The van der Waals surface area contributed by atoms with E-state index in [2.05, 4.69) is 4.98 Å². The average molecular weight is 303 g/mol. The van der Waals surface area contributed by atoms with Gasteiger partial charge in [0.1, 0.15) is 12.4 Å². The quantitative estimate of drug-likeness (QED) is 0.654. The Bertz CT molecular complexity index is 796. The molecule has 0 fully saturated rings. The second-order valence-corrected chi connectivity index (χ2v) is 5.30. The van der Waals surface area contributed by atoms with Crippen LogP contribution in [-0.4, -0.2) is 11.3 Å². The minimum absolute atomic E-state index is 0.428. The summed E-state index contributed by atoms with van der Waals surface area (Å²) in [6, 6.07) is 19.4. The van der Waals surface area contributed by atoms with Crippen molar-refractivity contribution < 1.29 is 9.53 Å². The van der Waals surface area contributed by atoms with Crippen LogP contribution in [0, 0.1) is 6.92 Å². The minimum Gasteiger partial charge on any atom is -0.488 e. The first-order valence-corrected chi connectivity index (χ1v) is 7.46. The van der Waals surface area contributed by atoms with E-state index in [-0.39, 0.29) is 0 Å². The maximum absolute atomic E-state index is 11.6. The number of nitrogens with zero attached hydrogens (tertiary/aromatic N) is 1. The lowest BCUT2D eigenvalue weighted by Gasteiger charge is -2.12. The molecule has 0 radical (unpaired) electrons. The predicted octanol–water partition coefficient (Wildman–Crippen LogP) is 4.45. The van der Waals surface area contributed by atoms with Gasteiger partial charge in [0.05, 0.1) is 5.56 Å². The summed E-state index contributed by atoms with van der Waals surface area (Å²) in [6.45, 7) is 2.36. The van der Waals surface area contributed by atoms with E-state index in [0.29, 0.717) is 17.9 Å². The smallest absolute Gasteiger partial charge is 0.154 e. The highest BCUT2D eigenvalue weighted by atomic mass is 16.5. The first-order valence-electron chi connectivity index (χ1n) is 7.46. The molecule has 0 atom stereocenters. The molecular formula is C20H17NO2. The highest BCUT2D eigenvalue weighted by Gasteiger charge is 2.11. The number of rotatable bonds is 5. The molecule has 0 amide bonds. The standard InChI is InChI=1S/C20H17NO2/c1-15-10-11-17(12-21-15)18-8-5-9-20(19(18)13-22)23-14-16-6-3-2-4-7-16/h2-13H,14H2,1H3. The molecular weight excluding hydrogens is 286 g/mol. The molecule has 2 aromatic carbocycles. The number of hydrogen-bond donors (Lipinski definition) is 0. The number of carbonyl (C=O) groups excluding carboxylic acids is 1. The van der Waals surface area contributed by atoms with Crippen molar-refractivity contribution in [1.82, 2.24) is 4.98 Å². The summed E-state index contributed by atoms with van der Waals surface area (Å²) >= 11 is 0. The van der Waals surface area contributed by atoms with Gasteiger partial charge < -0.3 is 4.74 Å². The molecule has 3 aromatic rings. The van der Waals surface area contributed by atoms with E-state index >= 15 is 0 Å². The SMILES string of the molecule is Cc1ccc(-c2cccc(OCc3ccccc3)c2C=O)cn1. The Labute approximate surface area is 135 Å². The predicted molar refractivity (Wildman–Crippen MR) is 90.6 cm³/mol. The molecule has 0 saturated heterocycles. The molecule has 0 aliphatic rings. The first kappa shape index (κ1) is 15.0. The molecule has 0 spiro atoms. The van der Waals surface area contributed by atoms with Crippen molar-refractivity contribution in [3.63, 3.8) is 0 Å². The van der Waals surface area contributed by atoms with Crippen molar-refractivity contribution in [2.24, 2.45) is 0 Å². The van der Waals surface area contributed by atoms with E-state index in [1.165, 1.54) is 0 Å². The fourth-order valence-corrected chi connectivity index (χ4v) is 2.41. The molecule has 1 heterocycles. The summed E-state index contributed by atoms with van der Waals surface area (Å²) in [5, 5.41) is 0. The van der Waals surface area contributed by atoms with E-state index in [1.807, 2.05) is 67.6 Å². The van der Waals surface area contributed by atoms with E-state index in [9.17, 15) is 4.79 Å². The molecule has 23 heavy (non-hydrogen) atoms. The van der Waals surface area contributed by atoms with Crippen LogP contribution in [-0.2, 0) is 6.61 Å². The zero-order valence-corrected chi connectivity index (χ0v) is 12.9. The van der Waals surface area contributed by atoms with Crippen LogP contribution in [0.4, 0.5) is 0 Å². The van der Waals surface area contributed by atoms with Crippen LogP contribution in [0.3, 0.4) is 0 Å². The number of aromatic nitrogens is 1. The Morgan fingerprint density at radius 2 is 1.83 bits per heavy atom. The maximum Gasteiger partial charge on any atom is 0.154 e. The fraction of sp³-hybridized carbons (Fsp3) is 0.100. The first-order chi connectivity index (χ1) is 11.3. The number of carbonyl (C=O) groups is 1. The highest BCUT2D eigenvalue weighted by Crippen LogP contribution is 2.29. The Kier molecular flexibility index (Phi) is 4.48. The fourth-order valence-electron chi connectivity index (χ4n) is 2.41. The van der Waals surface area contributed by atoms with Gasteiger partial charge in [0.25, 0.3) is 0 Å². The Morgan fingerprint density at radius 1 is 1.00 bits per heavy atom. The molecule has 0 N–H and O–H groups in total. The van der Waals surface area contributed by atoms with Crippen LogP contribution >= 0.6 is 0 Å². The normalized spacial score (nSPS) is 10.3. The molecule has 3 rings (SSSR count). The van der Waals surface area contributed by atoms with Gasteiger partial charge in [-0.15, -0.1) is 0 Å². The number of pyridine rings is 1. The lowest BCUT2D eigenvalue weighted by molar-refractivity contribution is 0.111. The summed E-state index contributed by atoms with van der Waals surface area (Å²) < 4.78 is 5.85. The molecule has 0 bridgehead atoms. The van der Waals surface area contributed by atoms with Gasteiger partial charge in [-0.1, -0.05) is 48.5 Å². The van der Waals surface area contributed by atoms with Crippen molar-refractivity contribution in [2.75, 3.05) is 0 Å². The van der Waals surface area contributed by atoms with Gasteiger partial charge in [0, 0.05) is 17.5 Å². The monoisotopic (exact) mass is 303 g/mol. The number of benzene rings is 2. The number of aldehydes is 1. The third-order valence-corrected chi connectivity index (χ3v) is 3.64. The van der Waals surface area contributed by atoms with Crippen LogP contribution in [0.5, 0.6) is 5.75 Å². The van der Waals surface area contributed by atoms with Gasteiger partial charge in [-0.05, 0) is 30.2 Å². The lowest BCUT2D eigenvalue weighted by Crippen LogP contribution is -1.99. The third kappa shape index (κ3) is 3.46. The van der Waals surface area contributed by atoms with Gasteiger partial charge in [-0.25, -0.2) is 0 Å². The highest BCUT2D eigenvalue weighted by molar-refractivity contribution is 5.90. The van der Waals surface area contributed by atoms with Gasteiger partial charge >= 0.3 is 0 Å². The van der Waals surface area contributed by atoms with Crippen molar-refractivity contribution in [1.29, 1.82) is 0 Å². The Morgan fingerprint density at radius 3 is 2.52 bits per heavy atom. The molecule has 3 nitrogen and oxygen atoms in total. The summed E-state index contributed by atoms with van der Waals surface area (Å²) in [5.41, 5.74) is 4.29. The Balaban J connectivity index is 1.91. The molecule has 0 unspecified atom stereocenters. The molecule has 114 valence electrons. The second-order valence-electron chi connectivity index (χ2n) is 5.30. The molecule has 0 aliphatic carbocycles. The maximum atomic E-state index is 11.6. The largest absolute Gasteiger partial charge is 0.488 e. The number of ether oxygens (including phenoxy) is 1. The van der Waals surface area contributed by atoms with Crippen molar-refractivity contribution in [2.45, 2.75) is 13.5 Å². The van der Waals surface area contributed by atoms with E-state index in [1.54, 1.807) is 6.20 Å². The number of aryl methyl sites for hydroxylation is 1. The van der Waals surface area contributed by atoms with Gasteiger partial charge in [-0.2, -0.15) is 0 Å². The van der Waals surface area contributed by atoms with E-state index in [0.717, 1.165) is 28.7 Å². The van der Waals surface area contributed by atoms with Gasteiger partial charge in [0.2, 0.25) is 0 Å². The van der Waals surface area contributed by atoms with Crippen LogP contribution in [0.25, 0.3) is 11.1 Å². The zero-order valence-electron chi connectivity index (χ0n) is 12.9. The average Bonchev–Trinajstić information content (AvgIpc) is 2.61. The third-order valence-electron chi connectivity index (χ3n) is 3.64. The summed E-state index contributed by atoms with van der Waals surface area (Å²) in [7, 11) is 0. The summed E-state index contributed by atoms with van der Waals surface area (Å²) in [5.74, 6) is 0.585. The second kappa shape index (κ2) is 6.88. The topological polar surface area (TPSA) is 39.2 Å². The summed E-state index contributed by atoms with van der Waals surface area (Å²) in [6.07, 6.45) is 2.62. The van der Waals surface area contributed by atoms with Crippen LogP contribution in [0.2, 0.25) is 0 Å². The van der Waals surface area contributed by atoms with Gasteiger partial charge in [0.15, 0.2) is 6.29 Å². The molecule has 0 aliphatic heterocycles. The van der Waals surface area contributed by atoms with E-state index in [4.69, 9.17) is 4.74 Å². The van der Waals surface area contributed by atoms with Crippen LogP contribution in [0.1, 0.15) is 21.6 Å². The molecule has 3 heteroatoms. The van der Waals surface area contributed by atoms with Gasteiger partial charge in [-0.3, -0.25) is 9.78 Å². The Hall–Kier alpha value is -2.94. The molecule has 0 saturated carbocycles. The van der Waals surface area contributed by atoms with Crippen molar-refractivity contribution in [3.8, 4) is 16.9 Å². The van der Waals surface area contributed by atoms with Crippen molar-refractivity contribution >= 4 is 6.29 Å². The minimum atomic E-state index is 0.428. The zero-order chi connectivity index (χ0) is 16.1.